The number of thiophene rings is 1. The predicted octanol–water partition coefficient (Wildman–Crippen LogP) is 2.50. The Bertz CT molecular complexity index is 960. The average molecular weight is 344 g/mol. The molecule has 126 valence electrons. The molecule has 1 fully saturated rings. The summed E-state index contributed by atoms with van der Waals surface area (Å²) in [5.74, 6) is -0.0259. The summed E-state index contributed by atoms with van der Waals surface area (Å²) in [6.07, 6.45) is 4.82. The van der Waals surface area contributed by atoms with Crippen LogP contribution in [0.15, 0.2) is 28.6 Å². The number of carbonyl (C=O) groups excluding carboxylic acids is 1. The summed E-state index contributed by atoms with van der Waals surface area (Å²) in [4.78, 5) is 28.3. The lowest BCUT2D eigenvalue weighted by molar-refractivity contribution is -0.138. The number of fused-ring (bicyclic) bond motifs is 3. The number of rotatable bonds is 2. The van der Waals surface area contributed by atoms with E-state index in [2.05, 4.69) is 18.9 Å². The Labute approximate surface area is 143 Å². The highest BCUT2D eigenvalue weighted by Crippen LogP contribution is 2.24. The van der Waals surface area contributed by atoms with Crippen LogP contribution in [0.4, 0.5) is 0 Å². The van der Waals surface area contributed by atoms with Crippen LogP contribution >= 0.6 is 11.3 Å². The molecule has 2 atom stereocenters. The van der Waals surface area contributed by atoms with Crippen molar-refractivity contribution in [2.45, 2.75) is 51.7 Å². The van der Waals surface area contributed by atoms with Gasteiger partial charge in [0.15, 0.2) is 0 Å². The van der Waals surface area contributed by atoms with Gasteiger partial charge in [0.25, 0.3) is 5.56 Å². The number of amides is 1. The highest BCUT2D eigenvalue weighted by Gasteiger charge is 2.29. The average Bonchev–Trinajstić information content (AvgIpc) is 3.11. The SMILES string of the molecule is C[C@@H]1CCC[C@H](C)N1C(=O)Cn1ncn2c(cc3ccsc32)c1=O. The van der Waals surface area contributed by atoms with Gasteiger partial charge < -0.3 is 4.90 Å². The Kier molecular flexibility index (Phi) is 3.68. The van der Waals surface area contributed by atoms with Crippen LogP contribution in [0, 0.1) is 0 Å². The number of aromatic nitrogens is 3. The topological polar surface area (TPSA) is 59.6 Å². The summed E-state index contributed by atoms with van der Waals surface area (Å²) in [5.41, 5.74) is 0.353. The first-order valence-corrected chi connectivity index (χ1v) is 9.20. The van der Waals surface area contributed by atoms with Crippen molar-refractivity contribution >= 4 is 33.0 Å². The molecular weight excluding hydrogens is 324 g/mol. The van der Waals surface area contributed by atoms with Gasteiger partial charge in [-0.2, -0.15) is 5.10 Å². The molecule has 6 nitrogen and oxygen atoms in total. The van der Waals surface area contributed by atoms with Crippen molar-refractivity contribution in [1.82, 2.24) is 19.1 Å². The Morgan fingerprint density at radius 3 is 2.83 bits per heavy atom. The van der Waals surface area contributed by atoms with Crippen molar-refractivity contribution in [3.05, 3.63) is 34.2 Å². The van der Waals surface area contributed by atoms with E-state index in [0.29, 0.717) is 5.52 Å². The van der Waals surface area contributed by atoms with Crippen molar-refractivity contribution in [2.24, 2.45) is 0 Å². The van der Waals surface area contributed by atoms with E-state index in [4.69, 9.17) is 0 Å². The van der Waals surface area contributed by atoms with Crippen LogP contribution in [0.25, 0.3) is 15.7 Å². The molecule has 0 bridgehead atoms. The third-order valence-corrected chi connectivity index (χ3v) is 5.90. The van der Waals surface area contributed by atoms with Gasteiger partial charge in [0.1, 0.15) is 23.2 Å². The Morgan fingerprint density at radius 1 is 1.33 bits per heavy atom. The van der Waals surface area contributed by atoms with Crippen LogP contribution < -0.4 is 5.56 Å². The maximum atomic E-state index is 12.7. The second kappa shape index (κ2) is 5.73. The van der Waals surface area contributed by atoms with Gasteiger partial charge in [0.2, 0.25) is 5.91 Å². The van der Waals surface area contributed by atoms with E-state index in [1.165, 1.54) is 4.68 Å². The summed E-state index contributed by atoms with van der Waals surface area (Å²) in [5, 5.41) is 7.24. The minimum atomic E-state index is -0.216. The number of piperidine rings is 1. The number of likely N-dealkylation sites (tertiary alicyclic amines) is 1. The molecule has 0 N–H and O–H groups in total. The van der Waals surface area contributed by atoms with Gasteiger partial charge in [-0.15, -0.1) is 11.3 Å². The summed E-state index contributed by atoms with van der Waals surface area (Å²) in [6.45, 7) is 4.16. The third-order valence-electron chi connectivity index (χ3n) is 4.97. The van der Waals surface area contributed by atoms with E-state index in [1.54, 1.807) is 22.1 Å². The lowest BCUT2D eigenvalue weighted by atomic mass is 9.97. The van der Waals surface area contributed by atoms with E-state index in [9.17, 15) is 9.59 Å². The first kappa shape index (κ1) is 15.4. The zero-order valence-corrected chi connectivity index (χ0v) is 14.6. The van der Waals surface area contributed by atoms with Crippen LogP contribution in [0.1, 0.15) is 33.1 Å². The van der Waals surface area contributed by atoms with E-state index >= 15 is 0 Å². The van der Waals surface area contributed by atoms with Crippen LogP contribution in [0.3, 0.4) is 0 Å². The zero-order valence-electron chi connectivity index (χ0n) is 13.8. The summed E-state index contributed by atoms with van der Waals surface area (Å²) in [6, 6.07) is 4.29. The fourth-order valence-electron chi connectivity index (χ4n) is 3.76. The minimum Gasteiger partial charge on any atom is -0.336 e. The molecule has 1 aliphatic rings. The summed E-state index contributed by atoms with van der Waals surface area (Å²) in [7, 11) is 0. The second-order valence-corrected chi connectivity index (χ2v) is 7.50. The Morgan fingerprint density at radius 2 is 2.08 bits per heavy atom. The fourth-order valence-corrected chi connectivity index (χ4v) is 4.62. The quantitative estimate of drug-likeness (QED) is 0.718. The number of hydrogen-bond acceptors (Lipinski definition) is 4. The molecule has 0 aromatic carbocycles. The molecular formula is C17H20N4O2S. The molecule has 0 unspecified atom stereocenters. The predicted molar refractivity (Wildman–Crippen MR) is 94.5 cm³/mol. The molecule has 3 aromatic heterocycles. The number of nitrogens with zero attached hydrogens (tertiary/aromatic N) is 4. The van der Waals surface area contributed by atoms with Gasteiger partial charge in [-0.05, 0) is 50.6 Å². The monoisotopic (exact) mass is 344 g/mol. The smallest absolute Gasteiger partial charge is 0.291 e. The Balaban J connectivity index is 1.68. The molecule has 1 amide bonds. The minimum absolute atomic E-state index is 0.00282. The molecule has 0 spiro atoms. The highest BCUT2D eigenvalue weighted by molar-refractivity contribution is 7.16. The van der Waals surface area contributed by atoms with E-state index in [-0.39, 0.29) is 30.1 Å². The summed E-state index contributed by atoms with van der Waals surface area (Å²) < 4.78 is 3.09. The standard InChI is InChI=1S/C17H20N4O2S/c1-11-4-3-5-12(2)21(11)15(22)9-20-16(23)14-8-13-6-7-24-17(13)19(14)10-18-20/h6-8,10-12H,3-5,9H2,1-2H3/t11-,12+. The molecule has 1 aliphatic heterocycles. The third kappa shape index (κ3) is 2.34. The van der Waals surface area contributed by atoms with Gasteiger partial charge in [0.05, 0.1) is 0 Å². The first-order valence-electron chi connectivity index (χ1n) is 8.32. The van der Waals surface area contributed by atoms with Crippen LogP contribution in [0.2, 0.25) is 0 Å². The van der Waals surface area contributed by atoms with E-state index < -0.39 is 0 Å². The number of carbonyl (C=O) groups is 1. The number of hydrogen-bond donors (Lipinski definition) is 0. The maximum absolute atomic E-state index is 12.7. The van der Waals surface area contributed by atoms with Gasteiger partial charge in [-0.3, -0.25) is 14.0 Å². The van der Waals surface area contributed by atoms with Gasteiger partial charge >= 0.3 is 0 Å². The van der Waals surface area contributed by atoms with Crippen molar-refractivity contribution in [1.29, 1.82) is 0 Å². The summed E-state index contributed by atoms with van der Waals surface area (Å²) >= 11 is 1.57. The van der Waals surface area contributed by atoms with Crippen molar-refractivity contribution < 1.29 is 4.79 Å². The van der Waals surface area contributed by atoms with Crippen LogP contribution in [0.5, 0.6) is 0 Å². The van der Waals surface area contributed by atoms with Gasteiger partial charge in [-0.1, -0.05) is 0 Å². The molecule has 4 heterocycles. The van der Waals surface area contributed by atoms with Crippen LogP contribution in [-0.4, -0.2) is 37.1 Å². The van der Waals surface area contributed by atoms with E-state index in [1.807, 2.05) is 22.4 Å². The maximum Gasteiger partial charge on any atom is 0.291 e. The zero-order chi connectivity index (χ0) is 16.8. The molecule has 4 rings (SSSR count). The molecule has 0 saturated carbocycles. The molecule has 7 heteroatoms. The molecule has 24 heavy (non-hydrogen) atoms. The first-order chi connectivity index (χ1) is 11.6. The molecule has 0 aliphatic carbocycles. The Hall–Kier alpha value is -2.15. The van der Waals surface area contributed by atoms with Crippen molar-refractivity contribution in [2.75, 3.05) is 0 Å². The fraction of sp³-hybridized carbons (Fsp3) is 0.471. The lowest BCUT2D eigenvalue weighted by Gasteiger charge is -2.39. The van der Waals surface area contributed by atoms with Crippen molar-refractivity contribution in [3.63, 3.8) is 0 Å². The lowest BCUT2D eigenvalue weighted by Crippen LogP contribution is -2.49. The molecule has 0 radical (unpaired) electrons. The normalized spacial score (nSPS) is 21.7. The van der Waals surface area contributed by atoms with Crippen molar-refractivity contribution in [3.8, 4) is 0 Å². The second-order valence-electron chi connectivity index (χ2n) is 6.60. The largest absolute Gasteiger partial charge is 0.336 e. The molecule has 1 saturated heterocycles. The van der Waals surface area contributed by atoms with Crippen LogP contribution in [-0.2, 0) is 11.3 Å². The van der Waals surface area contributed by atoms with Gasteiger partial charge in [-0.25, -0.2) is 4.68 Å². The molecule has 3 aromatic rings. The highest BCUT2D eigenvalue weighted by atomic mass is 32.1. The van der Waals surface area contributed by atoms with Gasteiger partial charge in [0, 0.05) is 17.5 Å². The van der Waals surface area contributed by atoms with E-state index in [0.717, 1.165) is 29.5 Å².